The Bertz CT molecular complexity index is 595. The highest BCUT2D eigenvalue weighted by Gasteiger charge is 2.25. The number of rotatable bonds is 5. The molecule has 3 N–H and O–H groups in total. The molecule has 106 valence electrons. The van der Waals surface area contributed by atoms with Gasteiger partial charge in [-0.15, -0.1) is 0 Å². The highest BCUT2D eigenvalue weighted by atomic mass is 16.3. The van der Waals surface area contributed by atoms with Crippen molar-refractivity contribution >= 4 is 22.4 Å². The molecule has 0 amide bonds. The Labute approximate surface area is 119 Å². The molecule has 1 saturated carbocycles. The number of benzene rings is 1. The van der Waals surface area contributed by atoms with Gasteiger partial charge in [0.2, 0.25) is 0 Å². The van der Waals surface area contributed by atoms with E-state index in [0.717, 1.165) is 35.4 Å². The summed E-state index contributed by atoms with van der Waals surface area (Å²) >= 11 is 0. The molecule has 0 spiro atoms. The van der Waals surface area contributed by atoms with Crippen LogP contribution in [0.15, 0.2) is 30.3 Å². The molecule has 4 nitrogen and oxygen atoms in total. The van der Waals surface area contributed by atoms with Crippen LogP contribution in [-0.4, -0.2) is 29.3 Å². The van der Waals surface area contributed by atoms with E-state index in [1.54, 1.807) is 0 Å². The molecule has 3 rings (SSSR count). The van der Waals surface area contributed by atoms with Crippen LogP contribution in [0.1, 0.15) is 25.7 Å². The molecular weight excluding hydrogens is 250 g/mol. The van der Waals surface area contributed by atoms with Crippen molar-refractivity contribution in [2.24, 2.45) is 0 Å². The van der Waals surface area contributed by atoms with Gasteiger partial charge in [0.25, 0.3) is 0 Å². The van der Waals surface area contributed by atoms with Crippen LogP contribution in [0.3, 0.4) is 0 Å². The summed E-state index contributed by atoms with van der Waals surface area (Å²) in [5, 5.41) is 10.1. The van der Waals surface area contributed by atoms with Crippen LogP contribution in [0.25, 0.3) is 10.9 Å². The summed E-state index contributed by atoms with van der Waals surface area (Å²) in [6, 6.07) is 10.5. The second-order valence-corrected chi connectivity index (χ2v) is 5.48. The van der Waals surface area contributed by atoms with Gasteiger partial charge in [0.05, 0.1) is 5.52 Å². The topological polar surface area (TPSA) is 62.4 Å². The molecule has 0 bridgehead atoms. The van der Waals surface area contributed by atoms with E-state index in [-0.39, 0.29) is 6.61 Å². The van der Waals surface area contributed by atoms with E-state index in [4.69, 9.17) is 15.8 Å². The Morgan fingerprint density at radius 1 is 1.25 bits per heavy atom. The van der Waals surface area contributed by atoms with Gasteiger partial charge in [-0.1, -0.05) is 0 Å². The molecule has 0 atom stereocenters. The van der Waals surface area contributed by atoms with Crippen molar-refractivity contribution in [3.05, 3.63) is 30.3 Å². The van der Waals surface area contributed by atoms with Crippen molar-refractivity contribution < 1.29 is 5.11 Å². The van der Waals surface area contributed by atoms with Crippen LogP contribution in [0.2, 0.25) is 0 Å². The number of hydrogen-bond donors (Lipinski definition) is 2. The summed E-state index contributed by atoms with van der Waals surface area (Å²) in [6.07, 6.45) is 4.54. The van der Waals surface area contributed by atoms with E-state index < -0.39 is 0 Å². The molecule has 2 aromatic rings. The summed E-state index contributed by atoms with van der Waals surface area (Å²) in [4.78, 5) is 7.10. The number of fused-ring (bicyclic) bond motifs is 1. The maximum absolute atomic E-state index is 9.08. The van der Waals surface area contributed by atoms with E-state index in [2.05, 4.69) is 17.0 Å². The molecule has 1 aromatic carbocycles. The smallest absolute Gasteiger partial charge is 0.129 e. The van der Waals surface area contributed by atoms with Gasteiger partial charge < -0.3 is 15.7 Å². The molecule has 20 heavy (non-hydrogen) atoms. The minimum atomic E-state index is 0.229. The quantitative estimate of drug-likeness (QED) is 0.820. The first kappa shape index (κ1) is 13.2. The molecule has 1 aromatic heterocycles. The lowest BCUT2D eigenvalue weighted by molar-refractivity contribution is 0.282. The number of aliphatic hydroxyl groups is 1. The number of pyridine rings is 1. The van der Waals surface area contributed by atoms with E-state index >= 15 is 0 Å². The Hall–Kier alpha value is -1.81. The largest absolute Gasteiger partial charge is 0.399 e. The van der Waals surface area contributed by atoms with Gasteiger partial charge in [-0.05, 0) is 56.0 Å². The standard InChI is InChI=1S/C16H21N3O/c17-13-6-7-15-12(11-13)5-8-16(18-15)19(9-2-10-20)14-3-1-4-14/h5-8,11,14,20H,1-4,9-10,17H2. The summed E-state index contributed by atoms with van der Waals surface area (Å²) in [5.74, 6) is 1.01. The number of anilines is 2. The summed E-state index contributed by atoms with van der Waals surface area (Å²) in [7, 11) is 0. The van der Waals surface area contributed by atoms with Crippen LogP contribution in [-0.2, 0) is 0 Å². The third-order valence-electron chi connectivity index (χ3n) is 4.07. The van der Waals surface area contributed by atoms with E-state index in [1.165, 1.54) is 19.3 Å². The summed E-state index contributed by atoms with van der Waals surface area (Å²) in [5.41, 5.74) is 7.54. The maximum atomic E-state index is 9.08. The fraction of sp³-hybridized carbons (Fsp3) is 0.438. The van der Waals surface area contributed by atoms with E-state index in [9.17, 15) is 0 Å². The number of nitrogen functional groups attached to an aromatic ring is 1. The van der Waals surface area contributed by atoms with Gasteiger partial charge in [-0.3, -0.25) is 0 Å². The molecule has 0 aliphatic heterocycles. The lowest BCUT2D eigenvalue weighted by Gasteiger charge is -2.38. The number of hydrogen-bond acceptors (Lipinski definition) is 4. The van der Waals surface area contributed by atoms with Gasteiger partial charge in [0, 0.05) is 30.3 Å². The van der Waals surface area contributed by atoms with Crippen LogP contribution in [0.5, 0.6) is 0 Å². The Balaban J connectivity index is 1.91. The van der Waals surface area contributed by atoms with Gasteiger partial charge in [0.1, 0.15) is 5.82 Å². The third-order valence-corrected chi connectivity index (χ3v) is 4.07. The maximum Gasteiger partial charge on any atom is 0.129 e. The molecule has 0 saturated heterocycles. The number of aliphatic hydroxyl groups excluding tert-OH is 1. The van der Waals surface area contributed by atoms with Gasteiger partial charge in [-0.25, -0.2) is 4.98 Å². The third kappa shape index (κ3) is 2.56. The SMILES string of the molecule is Nc1ccc2nc(N(CCCO)C3CCC3)ccc2c1. The van der Waals surface area contributed by atoms with E-state index in [1.807, 2.05) is 18.2 Å². The average molecular weight is 271 g/mol. The lowest BCUT2D eigenvalue weighted by Crippen LogP contribution is -2.41. The Kier molecular flexibility index (Phi) is 3.74. The molecular formula is C16H21N3O. The van der Waals surface area contributed by atoms with Gasteiger partial charge >= 0.3 is 0 Å². The van der Waals surface area contributed by atoms with Crippen LogP contribution >= 0.6 is 0 Å². The van der Waals surface area contributed by atoms with Crippen molar-refractivity contribution in [1.29, 1.82) is 0 Å². The predicted molar refractivity (Wildman–Crippen MR) is 82.8 cm³/mol. The first-order chi connectivity index (χ1) is 9.78. The second kappa shape index (κ2) is 5.67. The van der Waals surface area contributed by atoms with Crippen molar-refractivity contribution in [1.82, 2.24) is 4.98 Å². The molecule has 0 unspecified atom stereocenters. The summed E-state index contributed by atoms with van der Waals surface area (Å²) < 4.78 is 0. The zero-order valence-corrected chi connectivity index (χ0v) is 11.6. The predicted octanol–water partition coefficient (Wildman–Crippen LogP) is 2.56. The number of nitrogens with two attached hydrogens (primary N) is 1. The fourth-order valence-corrected chi connectivity index (χ4v) is 2.72. The highest BCUT2D eigenvalue weighted by Crippen LogP contribution is 2.30. The molecule has 0 radical (unpaired) electrons. The molecule has 1 aliphatic carbocycles. The van der Waals surface area contributed by atoms with Crippen molar-refractivity contribution in [3.8, 4) is 0 Å². The normalized spacial score (nSPS) is 15.2. The molecule has 1 heterocycles. The van der Waals surface area contributed by atoms with Crippen molar-refractivity contribution in [2.75, 3.05) is 23.8 Å². The van der Waals surface area contributed by atoms with Crippen molar-refractivity contribution in [3.63, 3.8) is 0 Å². The fourth-order valence-electron chi connectivity index (χ4n) is 2.72. The molecule has 1 aliphatic rings. The minimum absolute atomic E-state index is 0.229. The first-order valence-electron chi connectivity index (χ1n) is 7.32. The van der Waals surface area contributed by atoms with Crippen LogP contribution < -0.4 is 10.6 Å². The molecule has 4 heteroatoms. The number of aromatic nitrogens is 1. The molecule has 1 fully saturated rings. The minimum Gasteiger partial charge on any atom is -0.399 e. The second-order valence-electron chi connectivity index (χ2n) is 5.48. The Morgan fingerprint density at radius 2 is 2.10 bits per heavy atom. The Morgan fingerprint density at radius 3 is 2.80 bits per heavy atom. The number of nitrogens with zero attached hydrogens (tertiary/aromatic N) is 2. The zero-order chi connectivity index (χ0) is 13.9. The van der Waals surface area contributed by atoms with E-state index in [0.29, 0.717) is 6.04 Å². The van der Waals surface area contributed by atoms with Crippen molar-refractivity contribution in [2.45, 2.75) is 31.7 Å². The lowest BCUT2D eigenvalue weighted by atomic mass is 9.91. The van der Waals surface area contributed by atoms with Crippen LogP contribution in [0, 0.1) is 0 Å². The first-order valence-corrected chi connectivity index (χ1v) is 7.32. The zero-order valence-electron chi connectivity index (χ0n) is 11.6. The summed E-state index contributed by atoms with van der Waals surface area (Å²) in [6.45, 7) is 1.10. The average Bonchev–Trinajstić information content (AvgIpc) is 2.40. The van der Waals surface area contributed by atoms with Gasteiger partial charge in [-0.2, -0.15) is 0 Å². The van der Waals surface area contributed by atoms with Crippen LogP contribution in [0.4, 0.5) is 11.5 Å². The highest BCUT2D eigenvalue weighted by molar-refractivity contribution is 5.83. The van der Waals surface area contributed by atoms with Gasteiger partial charge in [0.15, 0.2) is 0 Å². The monoisotopic (exact) mass is 271 g/mol.